The molecule has 0 saturated heterocycles. The van der Waals surface area contributed by atoms with Gasteiger partial charge in [0.25, 0.3) is 5.22 Å². The first-order chi connectivity index (χ1) is 10.9. The normalized spacial score (nSPS) is 11.7. The second-order valence-corrected chi connectivity index (χ2v) is 6.18. The minimum atomic E-state index is -1.01. The fourth-order valence-electron chi connectivity index (χ4n) is 2.11. The lowest BCUT2D eigenvalue weighted by Gasteiger charge is -2.03. The predicted molar refractivity (Wildman–Crippen MR) is 87.4 cm³/mol. The quantitative estimate of drug-likeness (QED) is 0.645. The lowest BCUT2D eigenvalue weighted by molar-refractivity contribution is -0.117. The third kappa shape index (κ3) is 4.27. The summed E-state index contributed by atoms with van der Waals surface area (Å²) in [5.41, 5.74) is 3.07. The molecule has 118 valence electrons. The third-order valence-electron chi connectivity index (χ3n) is 3.10. The first kappa shape index (κ1) is 16.9. The number of aromatic nitrogens is 2. The second-order valence-electron chi connectivity index (χ2n) is 5.25. The van der Waals surface area contributed by atoms with Crippen LogP contribution in [0.3, 0.4) is 0 Å². The molecule has 0 fully saturated rings. The maximum Gasteiger partial charge on any atom is 0.277 e. The highest BCUT2D eigenvalue weighted by atomic mass is 32.2. The summed E-state index contributed by atoms with van der Waals surface area (Å²) in [6.07, 6.45) is 0. The minimum Gasteiger partial charge on any atom is -0.411 e. The van der Waals surface area contributed by atoms with Crippen LogP contribution >= 0.6 is 11.8 Å². The molecule has 7 heteroatoms. The highest BCUT2D eigenvalue weighted by molar-refractivity contribution is 7.99. The summed E-state index contributed by atoms with van der Waals surface area (Å²) in [7, 11) is 0. The van der Waals surface area contributed by atoms with E-state index in [0.717, 1.165) is 28.5 Å². The van der Waals surface area contributed by atoms with E-state index in [9.17, 15) is 4.79 Å². The largest absolute Gasteiger partial charge is 0.411 e. The van der Waals surface area contributed by atoms with Gasteiger partial charge in [0.1, 0.15) is 5.92 Å². The topological polar surface area (TPSA) is 104 Å². The fraction of sp³-hybridized carbons (Fsp3) is 0.312. The van der Waals surface area contributed by atoms with E-state index in [1.54, 1.807) is 0 Å². The first-order valence-corrected chi connectivity index (χ1v) is 7.91. The Labute approximate surface area is 138 Å². The summed E-state index contributed by atoms with van der Waals surface area (Å²) in [6, 6.07) is 7.78. The van der Waals surface area contributed by atoms with E-state index in [0.29, 0.717) is 5.89 Å². The predicted octanol–water partition coefficient (Wildman–Crippen LogP) is 3.19. The monoisotopic (exact) mass is 328 g/mol. The van der Waals surface area contributed by atoms with Crippen molar-refractivity contribution in [3.05, 3.63) is 29.3 Å². The number of nitrogens with zero attached hydrogens (tertiary/aromatic N) is 3. The van der Waals surface area contributed by atoms with Crippen molar-refractivity contribution in [2.45, 2.75) is 26.0 Å². The summed E-state index contributed by atoms with van der Waals surface area (Å²) >= 11 is 1.08. The Bertz CT molecular complexity index is 771. The maximum atomic E-state index is 11.9. The maximum absolute atomic E-state index is 11.9. The van der Waals surface area contributed by atoms with Gasteiger partial charge in [-0.15, -0.1) is 10.2 Å². The lowest BCUT2D eigenvalue weighted by Crippen LogP contribution is -2.21. The van der Waals surface area contributed by atoms with Gasteiger partial charge in [-0.3, -0.25) is 4.79 Å². The van der Waals surface area contributed by atoms with Crippen molar-refractivity contribution in [1.29, 1.82) is 10.7 Å². The van der Waals surface area contributed by atoms with Crippen molar-refractivity contribution < 1.29 is 9.21 Å². The molecule has 2 rings (SSSR count). The average Bonchev–Trinajstić information content (AvgIpc) is 2.93. The van der Waals surface area contributed by atoms with Crippen LogP contribution in [0.15, 0.2) is 27.8 Å². The van der Waals surface area contributed by atoms with E-state index in [2.05, 4.69) is 16.3 Å². The Morgan fingerprint density at radius 3 is 2.57 bits per heavy atom. The minimum absolute atomic E-state index is 0.0168. The molecule has 2 aromatic rings. The Kier molecular flexibility index (Phi) is 5.29. The molecule has 1 N–H and O–H groups in total. The summed E-state index contributed by atoms with van der Waals surface area (Å²) in [4.78, 5) is 11.9. The Hall–Kier alpha value is -2.46. The van der Waals surface area contributed by atoms with Gasteiger partial charge in [-0.05, 0) is 32.9 Å². The van der Waals surface area contributed by atoms with Crippen molar-refractivity contribution in [3.63, 3.8) is 0 Å². The van der Waals surface area contributed by atoms with Gasteiger partial charge in [0, 0.05) is 11.3 Å². The van der Waals surface area contributed by atoms with Crippen molar-refractivity contribution in [1.82, 2.24) is 10.2 Å². The Morgan fingerprint density at radius 2 is 2.00 bits per heavy atom. The van der Waals surface area contributed by atoms with Gasteiger partial charge in [0.2, 0.25) is 5.89 Å². The average molecular weight is 328 g/mol. The van der Waals surface area contributed by atoms with Gasteiger partial charge in [-0.1, -0.05) is 29.0 Å². The van der Waals surface area contributed by atoms with Crippen LogP contribution < -0.4 is 0 Å². The van der Waals surface area contributed by atoms with E-state index in [1.165, 1.54) is 6.92 Å². The Morgan fingerprint density at radius 1 is 1.35 bits per heavy atom. The van der Waals surface area contributed by atoms with Crippen LogP contribution in [0.4, 0.5) is 0 Å². The molecule has 0 bridgehead atoms. The highest BCUT2D eigenvalue weighted by Crippen LogP contribution is 2.25. The number of thioether (sulfide) groups is 1. The number of hydrogen-bond acceptors (Lipinski definition) is 7. The summed E-state index contributed by atoms with van der Waals surface area (Å²) < 4.78 is 5.56. The lowest BCUT2D eigenvalue weighted by atomic mass is 10.0. The summed E-state index contributed by atoms with van der Waals surface area (Å²) in [6.45, 7) is 5.42. The van der Waals surface area contributed by atoms with Crippen LogP contribution in [0.1, 0.15) is 18.1 Å². The smallest absolute Gasteiger partial charge is 0.277 e. The van der Waals surface area contributed by atoms with Crippen LogP contribution in [-0.4, -0.2) is 27.4 Å². The highest BCUT2D eigenvalue weighted by Gasteiger charge is 2.21. The number of benzene rings is 1. The molecule has 1 heterocycles. The van der Waals surface area contributed by atoms with Crippen LogP contribution in [0.25, 0.3) is 11.5 Å². The molecule has 0 saturated carbocycles. The number of nitriles is 1. The number of nitrogens with one attached hydrogen (secondary N) is 1. The van der Waals surface area contributed by atoms with Gasteiger partial charge >= 0.3 is 0 Å². The molecule has 0 aliphatic heterocycles. The van der Waals surface area contributed by atoms with Gasteiger partial charge in [-0.2, -0.15) is 5.26 Å². The van der Waals surface area contributed by atoms with Crippen molar-refractivity contribution in [3.8, 4) is 17.5 Å². The van der Waals surface area contributed by atoms with E-state index in [-0.39, 0.29) is 22.5 Å². The molecule has 1 aromatic carbocycles. The van der Waals surface area contributed by atoms with Crippen molar-refractivity contribution >= 4 is 23.3 Å². The molecule has 1 atom stereocenters. The van der Waals surface area contributed by atoms with E-state index >= 15 is 0 Å². The zero-order valence-corrected chi connectivity index (χ0v) is 13.9. The Balaban J connectivity index is 2.07. The molecule has 0 unspecified atom stereocenters. The zero-order valence-electron chi connectivity index (χ0n) is 13.1. The number of Topliss-reactive ketones (excluding diaryl/α,β-unsaturated/α-hetero) is 1. The molecule has 0 aliphatic rings. The van der Waals surface area contributed by atoms with Crippen LogP contribution in [0, 0.1) is 36.5 Å². The fourth-order valence-corrected chi connectivity index (χ4v) is 2.78. The number of carbonyl (C=O) groups excluding carboxylic acids is 1. The van der Waals surface area contributed by atoms with E-state index < -0.39 is 5.92 Å². The van der Waals surface area contributed by atoms with Gasteiger partial charge in [0.15, 0.2) is 5.78 Å². The van der Waals surface area contributed by atoms with Gasteiger partial charge in [-0.25, -0.2) is 0 Å². The molecule has 6 nitrogen and oxygen atoms in total. The SMILES string of the molecule is CC(=N)[C@H](C#N)C(=O)CSc1nnc(-c2cc(C)cc(C)c2)o1. The molecule has 0 amide bonds. The molecule has 23 heavy (non-hydrogen) atoms. The van der Waals surface area contributed by atoms with E-state index in [1.807, 2.05) is 32.0 Å². The van der Waals surface area contributed by atoms with Crippen LogP contribution in [0.5, 0.6) is 0 Å². The third-order valence-corrected chi connectivity index (χ3v) is 3.94. The number of rotatable bonds is 6. The molecular weight excluding hydrogens is 312 g/mol. The summed E-state index contributed by atoms with van der Waals surface area (Å²) in [5.74, 6) is -0.935. The molecule has 0 aliphatic carbocycles. The van der Waals surface area contributed by atoms with Gasteiger partial charge < -0.3 is 9.83 Å². The number of hydrogen-bond donors (Lipinski definition) is 1. The molecule has 0 spiro atoms. The standard InChI is InChI=1S/C16H16N4O2S/c1-9-4-10(2)6-12(5-9)15-19-20-16(22-15)23-8-14(21)13(7-17)11(3)18/h4-6,13,18H,8H2,1-3H3/t13-/m0/s1. The molecule has 1 aromatic heterocycles. The van der Waals surface area contributed by atoms with Crippen molar-refractivity contribution in [2.24, 2.45) is 5.92 Å². The van der Waals surface area contributed by atoms with Crippen LogP contribution in [0.2, 0.25) is 0 Å². The number of ketones is 1. The first-order valence-electron chi connectivity index (χ1n) is 6.93. The zero-order chi connectivity index (χ0) is 17.0. The van der Waals surface area contributed by atoms with Crippen LogP contribution in [-0.2, 0) is 4.79 Å². The summed E-state index contributed by atoms with van der Waals surface area (Å²) in [5, 5.41) is 24.5. The molecule has 0 radical (unpaired) electrons. The van der Waals surface area contributed by atoms with E-state index in [4.69, 9.17) is 15.1 Å². The number of aryl methyl sites for hydroxylation is 2. The molecular formula is C16H16N4O2S. The van der Waals surface area contributed by atoms with Gasteiger partial charge in [0.05, 0.1) is 11.8 Å². The number of carbonyl (C=O) groups is 1. The van der Waals surface area contributed by atoms with Crippen molar-refractivity contribution in [2.75, 3.05) is 5.75 Å². The second kappa shape index (κ2) is 7.20.